The number of nitrogens with zero attached hydrogens (tertiary/aromatic N) is 3. The number of amides is 4. The van der Waals surface area contributed by atoms with Gasteiger partial charge < -0.3 is 15.0 Å². The summed E-state index contributed by atoms with van der Waals surface area (Å²) >= 11 is 0. The number of hydrogen-bond acceptors (Lipinski definition) is 8. The van der Waals surface area contributed by atoms with Crippen LogP contribution < -0.4 is 20.1 Å². The van der Waals surface area contributed by atoms with Gasteiger partial charge in [-0.25, -0.2) is 22.9 Å². The molecule has 0 fully saturated rings. The Morgan fingerprint density at radius 3 is 2.47 bits per heavy atom. The number of urea groups is 1. The lowest BCUT2D eigenvalue weighted by Crippen LogP contribution is -2.36. The van der Waals surface area contributed by atoms with Crippen molar-refractivity contribution in [3.8, 4) is 5.88 Å². The molecular weight excluding hydrogens is 416 g/mol. The molecule has 2 rings (SSSR count). The van der Waals surface area contributed by atoms with Crippen LogP contribution in [0.5, 0.6) is 5.88 Å². The lowest BCUT2D eigenvalue weighted by molar-refractivity contribution is -0.105. The van der Waals surface area contributed by atoms with E-state index in [-0.39, 0.29) is 23.1 Å². The molecular formula is C17H20N6O6S. The summed E-state index contributed by atoms with van der Waals surface area (Å²) in [6, 6.07) is 4.02. The molecule has 1 aromatic carbocycles. The Bertz CT molecular complexity index is 1090. The molecule has 0 unspecified atom stereocenters. The second-order valence-corrected chi connectivity index (χ2v) is 7.76. The molecule has 0 aliphatic rings. The summed E-state index contributed by atoms with van der Waals surface area (Å²) in [6.45, 7) is 1.63. The van der Waals surface area contributed by atoms with Crippen molar-refractivity contribution in [1.29, 1.82) is 0 Å². The number of sulfonamides is 1. The molecule has 13 heteroatoms. The number of anilines is 2. The van der Waals surface area contributed by atoms with E-state index in [1.807, 2.05) is 0 Å². The average Bonchev–Trinajstić information content (AvgIpc) is 2.66. The van der Waals surface area contributed by atoms with Crippen molar-refractivity contribution in [1.82, 2.24) is 19.6 Å². The lowest BCUT2D eigenvalue weighted by Gasteiger charge is -2.16. The minimum atomic E-state index is -4.51. The monoisotopic (exact) mass is 436 g/mol. The first-order valence-corrected chi connectivity index (χ1v) is 9.85. The summed E-state index contributed by atoms with van der Waals surface area (Å²) in [5.74, 6) is -0.618. The quantitative estimate of drug-likeness (QED) is 0.531. The summed E-state index contributed by atoms with van der Waals surface area (Å²) < 4.78 is 32.4. The first-order valence-electron chi connectivity index (χ1n) is 8.36. The van der Waals surface area contributed by atoms with Gasteiger partial charge in [-0.05, 0) is 25.1 Å². The summed E-state index contributed by atoms with van der Waals surface area (Å²) in [6.07, 6.45) is 0.349. The third-order valence-corrected chi connectivity index (χ3v) is 5.00. The maximum Gasteiger partial charge on any atom is 0.335 e. The number of hydrogen-bond donors (Lipinski definition) is 3. The SMILES string of the molecule is COc1cc(C)nc(NC(=O)NS(=O)(=O)c2cc(NC=O)ccc2C(=O)N(C)C)n1. The predicted molar refractivity (Wildman–Crippen MR) is 107 cm³/mol. The Balaban J connectivity index is 2.36. The molecule has 1 heterocycles. The zero-order valence-electron chi connectivity index (χ0n) is 16.6. The van der Waals surface area contributed by atoms with Crippen molar-refractivity contribution < 1.29 is 27.5 Å². The number of methoxy groups -OCH3 is 1. The predicted octanol–water partition coefficient (Wildman–Crippen LogP) is 0.574. The molecule has 3 N–H and O–H groups in total. The lowest BCUT2D eigenvalue weighted by atomic mass is 10.2. The molecule has 2 aromatic rings. The van der Waals surface area contributed by atoms with Crippen molar-refractivity contribution in [2.24, 2.45) is 0 Å². The van der Waals surface area contributed by atoms with Gasteiger partial charge in [0.1, 0.15) is 4.90 Å². The van der Waals surface area contributed by atoms with Crippen molar-refractivity contribution in [2.75, 3.05) is 31.8 Å². The molecule has 0 atom stereocenters. The highest BCUT2D eigenvalue weighted by molar-refractivity contribution is 7.90. The molecule has 0 saturated carbocycles. The standard InChI is InChI=1S/C17H20N6O6S/c1-10-7-14(29-4)20-16(19-10)21-17(26)22-30(27,28)13-8-11(18-9-24)5-6-12(13)15(25)23(2)3/h5-9H,1-4H3,(H,18,24)(H2,19,20,21,22,26). The topological polar surface area (TPSA) is 160 Å². The van der Waals surface area contributed by atoms with Crippen LogP contribution in [0.4, 0.5) is 16.4 Å². The van der Waals surface area contributed by atoms with E-state index in [0.29, 0.717) is 12.1 Å². The van der Waals surface area contributed by atoms with E-state index in [1.165, 1.54) is 44.3 Å². The van der Waals surface area contributed by atoms with E-state index in [9.17, 15) is 22.8 Å². The number of ether oxygens (including phenoxy) is 1. The van der Waals surface area contributed by atoms with Crippen molar-refractivity contribution in [3.63, 3.8) is 0 Å². The number of aryl methyl sites for hydroxylation is 1. The van der Waals surface area contributed by atoms with Crippen molar-refractivity contribution in [3.05, 3.63) is 35.5 Å². The van der Waals surface area contributed by atoms with Gasteiger partial charge in [0.15, 0.2) is 0 Å². The van der Waals surface area contributed by atoms with E-state index in [1.54, 1.807) is 11.6 Å². The fourth-order valence-electron chi connectivity index (χ4n) is 2.32. The van der Waals surface area contributed by atoms with Crippen LogP contribution in [0.1, 0.15) is 16.1 Å². The first-order chi connectivity index (χ1) is 14.1. The Labute approximate surface area is 172 Å². The van der Waals surface area contributed by atoms with Crippen molar-refractivity contribution >= 4 is 40.0 Å². The van der Waals surface area contributed by atoms with Gasteiger partial charge in [-0.1, -0.05) is 0 Å². The third-order valence-electron chi connectivity index (χ3n) is 3.63. The van der Waals surface area contributed by atoms with E-state index in [2.05, 4.69) is 20.6 Å². The fourth-order valence-corrected chi connectivity index (χ4v) is 3.46. The smallest absolute Gasteiger partial charge is 0.335 e. The Morgan fingerprint density at radius 2 is 1.87 bits per heavy atom. The highest BCUT2D eigenvalue weighted by Gasteiger charge is 2.26. The fraction of sp³-hybridized carbons (Fsp3) is 0.235. The molecule has 0 aliphatic heterocycles. The van der Waals surface area contributed by atoms with Crippen LogP contribution in [0, 0.1) is 6.92 Å². The van der Waals surface area contributed by atoms with Gasteiger partial charge in [0.05, 0.1) is 12.7 Å². The maximum atomic E-state index is 12.8. The van der Waals surface area contributed by atoms with Crippen LogP contribution in [0.2, 0.25) is 0 Å². The zero-order valence-corrected chi connectivity index (χ0v) is 17.4. The average molecular weight is 436 g/mol. The number of rotatable bonds is 7. The molecule has 0 radical (unpaired) electrons. The van der Waals surface area contributed by atoms with Crippen LogP contribution in [0.15, 0.2) is 29.2 Å². The van der Waals surface area contributed by atoms with Crippen LogP contribution in [-0.2, 0) is 14.8 Å². The zero-order chi connectivity index (χ0) is 22.5. The van der Waals surface area contributed by atoms with E-state index in [0.717, 1.165) is 6.07 Å². The minimum absolute atomic E-state index is 0.118. The number of carbonyl (C=O) groups excluding carboxylic acids is 3. The molecule has 0 aliphatic carbocycles. The van der Waals surface area contributed by atoms with Gasteiger partial charge in [0.2, 0.25) is 18.2 Å². The Morgan fingerprint density at radius 1 is 1.17 bits per heavy atom. The van der Waals surface area contributed by atoms with E-state index in [4.69, 9.17) is 4.74 Å². The summed E-state index contributed by atoms with van der Waals surface area (Å²) in [5.41, 5.74) is 0.407. The number of aromatic nitrogens is 2. The molecule has 0 bridgehead atoms. The number of benzene rings is 1. The number of nitrogens with one attached hydrogen (secondary N) is 3. The normalized spacial score (nSPS) is 10.7. The van der Waals surface area contributed by atoms with E-state index < -0.39 is 26.9 Å². The summed E-state index contributed by atoms with van der Waals surface area (Å²) in [7, 11) is -0.246. The second-order valence-electron chi connectivity index (χ2n) is 6.11. The van der Waals surface area contributed by atoms with Gasteiger partial charge >= 0.3 is 6.03 Å². The van der Waals surface area contributed by atoms with E-state index >= 15 is 0 Å². The summed E-state index contributed by atoms with van der Waals surface area (Å²) in [5, 5.41) is 4.49. The summed E-state index contributed by atoms with van der Waals surface area (Å²) in [4.78, 5) is 43.8. The van der Waals surface area contributed by atoms with Gasteiger partial charge in [-0.2, -0.15) is 4.98 Å². The Hall–Kier alpha value is -3.74. The highest BCUT2D eigenvalue weighted by Crippen LogP contribution is 2.22. The molecule has 12 nitrogen and oxygen atoms in total. The van der Waals surface area contributed by atoms with Crippen LogP contribution >= 0.6 is 0 Å². The van der Waals surface area contributed by atoms with Crippen molar-refractivity contribution in [2.45, 2.75) is 11.8 Å². The third kappa shape index (κ3) is 5.41. The van der Waals surface area contributed by atoms with Gasteiger partial charge in [-0.15, -0.1) is 0 Å². The maximum absolute atomic E-state index is 12.8. The van der Waals surface area contributed by atoms with Crippen LogP contribution in [0.25, 0.3) is 0 Å². The van der Waals surface area contributed by atoms with Crippen LogP contribution in [-0.4, -0.2) is 62.8 Å². The van der Waals surface area contributed by atoms with Gasteiger partial charge in [0.25, 0.3) is 15.9 Å². The molecule has 1 aromatic heterocycles. The second kappa shape index (κ2) is 9.17. The largest absolute Gasteiger partial charge is 0.481 e. The van der Waals surface area contributed by atoms with Gasteiger partial charge in [0, 0.05) is 31.5 Å². The highest BCUT2D eigenvalue weighted by atomic mass is 32.2. The molecule has 4 amide bonds. The van der Waals surface area contributed by atoms with Gasteiger partial charge in [-0.3, -0.25) is 14.9 Å². The first kappa shape index (κ1) is 22.5. The molecule has 0 spiro atoms. The molecule has 160 valence electrons. The Kier molecular flexibility index (Phi) is 6.89. The molecule has 30 heavy (non-hydrogen) atoms. The number of carbonyl (C=O) groups is 3. The molecule has 0 saturated heterocycles. The van der Waals surface area contributed by atoms with Crippen LogP contribution in [0.3, 0.4) is 0 Å². The minimum Gasteiger partial charge on any atom is -0.481 e.